The fourth-order valence-electron chi connectivity index (χ4n) is 3.54. The van der Waals surface area contributed by atoms with Crippen LogP contribution in [0.15, 0.2) is 36.4 Å². The van der Waals surface area contributed by atoms with Gasteiger partial charge in [-0.25, -0.2) is 0 Å². The number of ether oxygens (including phenoxy) is 4. The molecule has 0 amide bonds. The summed E-state index contributed by atoms with van der Waals surface area (Å²) < 4.78 is 22.3. The summed E-state index contributed by atoms with van der Waals surface area (Å²) in [7, 11) is 6.69. The van der Waals surface area contributed by atoms with E-state index in [0.717, 1.165) is 55.3 Å². The third-order valence-electron chi connectivity index (χ3n) is 4.63. The van der Waals surface area contributed by atoms with Crippen LogP contribution in [0.5, 0.6) is 23.0 Å². The molecule has 0 saturated carbocycles. The average molecular weight is 322 g/mol. The molecule has 4 aromatic rings. The molecule has 4 rings (SSSR count). The Bertz CT molecular complexity index is 890. The smallest absolute Gasteiger partial charge is 0.130 e. The molecule has 4 heteroatoms. The van der Waals surface area contributed by atoms with Crippen molar-refractivity contribution in [1.29, 1.82) is 0 Å². The summed E-state index contributed by atoms with van der Waals surface area (Å²) in [5.74, 6) is 3.15. The van der Waals surface area contributed by atoms with Crippen LogP contribution in [-0.4, -0.2) is 28.4 Å². The van der Waals surface area contributed by atoms with Crippen LogP contribution in [0.2, 0.25) is 0 Å². The van der Waals surface area contributed by atoms with Gasteiger partial charge in [0.15, 0.2) is 0 Å². The molecule has 0 aliphatic rings. The Kier molecular flexibility index (Phi) is 3.27. The molecule has 0 spiro atoms. The number of benzene rings is 4. The molecule has 0 aliphatic heterocycles. The van der Waals surface area contributed by atoms with E-state index >= 15 is 0 Å². The van der Waals surface area contributed by atoms with E-state index in [2.05, 4.69) is 24.3 Å². The van der Waals surface area contributed by atoms with Crippen LogP contribution in [0, 0.1) is 0 Å². The molecule has 24 heavy (non-hydrogen) atoms. The zero-order valence-electron chi connectivity index (χ0n) is 14.1. The van der Waals surface area contributed by atoms with Crippen LogP contribution in [0.1, 0.15) is 0 Å². The van der Waals surface area contributed by atoms with Gasteiger partial charge in [0.2, 0.25) is 0 Å². The van der Waals surface area contributed by atoms with Crippen molar-refractivity contribution < 1.29 is 18.9 Å². The molecule has 0 N–H and O–H groups in total. The monoisotopic (exact) mass is 322 g/mol. The van der Waals surface area contributed by atoms with Crippen molar-refractivity contribution >= 4 is 32.3 Å². The van der Waals surface area contributed by atoms with Crippen LogP contribution in [0.3, 0.4) is 0 Å². The largest absolute Gasteiger partial charge is 0.496 e. The second-order valence-corrected chi connectivity index (χ2v) is 5.63. The Morgan fingerprint density at radius 3 is 0.917 bits per heavy atom. The topological polar surface area (TPSA) is 36.9 Å². The molecule has 0 aromatic heterocycles. The summed E-state index contributed by atoms with van der Waals surface area (Å²) in [6, 6.07) is 12.1. The number of hydrogen-bond acceptors (Lipinski definition) is 4. The highest BCUT2D eigenvalue weighted by Crippen LogP contribution is 2.47. The predicted molar refractivity (Wildman–Crippen MR) is 96.4 cm³/mol. The molecule has 0 fully saturated rings. The molecule has 0 aliphatic carbocycles. The maximum absolute atomic E-state index is 5.58. The first-order chi connectivity index (χ1) is 11.7. The van der Waals surface area contributed by atoms with E-state index in [1.165, 1.54) is 0 Å². The van der Waals surface area contributed by atoms with Crippen molar-refractivity contribution in [3.05, 3.63) is 36.4 Å². The van der Waals surface area contributed by atoms with E-state index in [1.807, 2.05) is 12.1 Å². The Morgan fingerprint density at radius 2 is 0.708 bits per heavy atom. The van der Waals surface area contributed by atoms with Crippen LogP contribution < -0.4 is 18.9 Å². The molecule has 0 unspecified atom stereocenters. The van der Waals surface area contributed by atoms with Gasteiger partial charge in [-0.3, -0.25) is 0 Å². The van der Waals surface area contributed by atoms with Crippen molar-refractivity contribution in [3.63, 3.8) is 0 Å². The first-order valence-corrected chi connectivity index (χ1v) is 7.68. The molecule has 4 aromatic carbocycles. The lowest BCUT2D eigenvalue weighted by Crippen LogP contribution is -1.95. The third kappa shape index (κ3) is 1.80. The predicted octanol–water partition coefficient (Wildman–Crippen LogP) is 4.62. The van der Waals surface area contributed by atoms with Crippen molar-refractivity contribution in [1.82, 2.24) is 0 Å². The minimum Gasteiger partial charge on any atom is -0.496 e. The lowest BCUT2D eigenvalue weighted by atomic mass is 9.92. The van der Waals surface area contributed by atoms with Crippen LogP contribution in [-0.2, 0) is 0 Å². The minimum absolute atomic E-state index is 0.788. The Balaban J connectivity index is 2.33. The van der Waals surface area contributed by atoms with Gasteiger partial charge in [-0.2, -0.15) is 0 Å². The summed E-state index contributed by atoms with van der Waals surface area (Å²) in [6.45, 7) is 0. The zero-order chi connectivity index (χ0) is 16.8. The van der Waals surface area contributed by atoms with Gasteiger partial charge in [0, 0.05) is 44.5 Å². The van der Waals surface area contributed by atoms with E-state index < -0.39 is 0 Å². The zero-order valence-corrected chi connectivity index (χ0v) is 14.1. The third-order valence-corrected chi connectivity index (χ3v) is 4.63. The summed E-state index contributed by atoms with van der Waals surface area (Å²) >= 11 is 0. The van der Waals surface area contributed by atoms with E-state index in [4.69, 9.17) is 18.9 Å². The average Bonchev–Trinajstić information content (AvgIpc) is 2.64. The highest BCUT2D eigenvalue weighted by molar-refractivity contribution is 6.27. The van der Waals surface area contributed by atoms with Gasteiger partial charge < -0.3 is 18.9 Å². The molecule has 0 saturated heterocycles. The second kappa shape index (κ2) is 5.34. The molecule has 0 radical (unpaired) electrons. The standard InChI is InChI=1S/C20H18O4/c1-21-15-9-16(22-2)12-7-8-14-18(24-4)10-17(23-3)13-6-5-11(15)19(12)20(13)14/h5-10H,1-4H3. The fourth-order valence-corrected chi connectivity index (χ4v) is 3.54. The van der Waals surface area contributed by atoms with Gasteiger partial charge in [0.25, 0.3) is 0 Å². The minimum atomic E-state index is 0.788. The summed E-state index contributed by atoms with van der Waals surface area (Å²) in [5.41, 5.74) is 0. The SMILES string of the molecule is COc1cc(OC)c2ccc3c(OC)cc(OC)c4ccc1c2c43. The van der Waals surface area contributed by atoms with Gasteiger partial charge in [-0.05, 0) is 24.3 Å². The van der Waals surface area contributed by atoms with Crippen LogP contribution >= 0.6 is 0 Å². The second-order valence-electron chi connectivity index (χ2n) is 5.63. The fraction of sp³-hybridized carbons (Fsp3) is 0.200. The van der Waals surface area contributed by atoms with E-state index in [0.29, 0.717) is 0 Å². The van der Waals surface area contributed by atoms with Gasteiger partial charge >= 0.3 is 0 Å². The first kappa shape index (κ1) is 14.7. The Morgan fingerprint density at radius 1 is 0.458 bits per heavy atom. The highest BCUT2D eigenvalue weighted by Gasteiger charge is 2.19. The van der Waals surface area contributed by atoms with Gasteiger partial charge in [0.1, 0.15) is 23.0 Å². The summed E-state index contributed by atoms with van der Waals surface area (Å²) in [6.07, 6.45) is 0. The lowest BCUT2D eigenvalue weighted by molar-refractivity contribution is 0.400. The highest BCUT2D eigenvalue weighted by atomic mass is 16.5. The number of rotatable bonds is 4. The van der Waals surface area contributed by atoms with E-state index in [9.17, 15) is 0 Å². The molecule has 0 heterocycles. The Labute approximate surface area is 139 Å². The quantitative estimate of drug-likeness (QED) is 0.514. The van der Waals surface area contributed by atoms with Gasteiger partial charge in [-0.1, -0.05) is 0 Å². The number of methoxy groups -OCH3 is 4. The molecule has 122 valence electrons. The molecule has 4 nitrogen and oxygen atoms in total. The van der Waals surface area contributed by atoms with Gasteiger partial charge in [-0.15, -0.1) is 0 Å². The molecule has 0 bridgehead atoms. The normalized spacial score (nSPS) is 11.3. The van der Waals surface area contributed by atoms with Crippen molar-refractivity contribution in [3.8, 4) is 23.0 Å². The van der Waals surface area contributed by atoms with E-state index in [-0.39, 0.29) is 0 Å². The van der Waals surface area contributed by atoms with Crippen molar-refractivity contribution in [2.75, 3.05) is 28.4 Å². The summed E-state index contributed by atoms with van der Waals surface area (Å²) in [4.78, 5) is 0. The Hall–Kier alpha value is -2.88. The lowest BCUT2D eigenvalue weighted by Gasteiger charge is -2.18. The maximum Gasteiger partial charge on any atom is 0.130 e. The van der Waals surface area contributed by atoms with Crippen LogP contribution in [0.25, 0.3) is 32.3 Å². The molecular formula is C20H18O4. The van der Waals surface area contributed by atoms with Crippen molar-refractivity contribution in [2.45, 2.75) is 0 Å². The first-order valence-electron chi connectivity index (χ1n) is 7.68. The van der Waals surface area contributed by atoms with E-state index in [1.54, 1.807) is 28.4 Å². The summed E-state index contributed by atoms with van der Waals surface area (Å²) in [5, 5.41) is 6.36. The molecule has 0 atom stereocenters. The number of hydrogen-bond donors (Lipinski definition) is 0. The molecular weight excluding hydrogens is 304 g/mol. The van der Waals surface area contributed by atoms with Gasteiger partial charge in [0.05, 0.1) is 28.4 Å². The van der Waals surface area contributed by atoms with Crippen LogP contribution in [0.4, 0.5) is 0 Å². The van der Waals surface area contributed by atoms with Crippen molar-refractivity contribution in [2.24, 2.45) is 0 Å². The maximum atomic E-state index is 5.58.